The summed E-state index contributed by atoms with van der Waals surface area (Å²) in [4.78, 5) is 29.9. The van der Waals surface area contributed by atoms with Gasteiger partial charge < -0.3 is 31.1 Å². The Balaban J connectivity index is 2.40. The molecule has 1 fully saturated rings. The molecule has 11 heteroatoms. The number of carbonyl (C=O) groups is 1. The number of esters is 1. The first-order chi connectivity index (χ1) is 8.88. The summed E-state index contributed by atoms with van der Waals surface area (Å²) < 4.78 is 25.1. The van der Waals surface area contributed by atoms with Crippen molar-refractivity contribution in [2.45, 2.75) is 19.4 Å². The van der Waals surface area contributed by atoms with E-state index in [1.54, 1.807) is 6.92 Å². The molecule has 0 bridgehead atoms. The second-order valence-corrected chi connectivity index (χ2v) is 9.53. The summed E-state index contributed by atoms with van der Waals surface area (Å²) in [6, 6.07) is 0.305. The lowest BCUT2D eigenvalue weighted by atomic mass is 10.4. The topological polar surface area (TPSA) is 104 Å². The first-order valence-electron chi connectivity index (χ1n) is 5.44. The Labute approximate surface area is 115 Å². The Morgan fingerprint density at radius 3 is 2.42 bits per heavy atom. The fraction of sp³-hybridized carbons (Fsp3) is 0.625. The van der Waals surface area contributed by atoms with Gasteiger partial charge in [-0.05, 0) is 13.3 Å². The van der Waals surface area contributed by atoms with Crippen molar-refractivity contribution in [2.24, 2.45) is 0 Å². The molecule has 2 radical (unpaired) electrons. The molecule has 0 spiro atoms. The molecule has 1 saturated heterocycles. The number of ether oxygens (including phenoxy) is 1. The van der Waals surface area contributed by atoms with Crippen LogP contribution in [0.3, 0.4) is 0 Å². The minimum atomic E-state index is -3.13. The molecule has 0 amide bonds. The van der Waals surface area contributed by atoms with Gasteiger partial charge in [-0.3, -0.25) is 0 Å². The van der Waals surface area contributed by atoms with E-state index in [2.05, 4.69) is 10.7 Å². The zero-order valence-electron chi connectivity index (χ0n) is 10.7. The van der Waals surface area contributed by atoms with Gasteiger partial charge in [-0.15, -0.1) is 0 Å². The molecule has 19 heavy (non-hydrogen) atoms. The van der Waals surface area contributed by atoms with Crippen LogP contribution in [0.1, 0.15) is 13.3 Å². The van der Waals surface area contributed by atoms with E-state index in [4.69, 9.17) is 17.4 Å². The van der Waals surface area contributed by atoms with E-state index in [1.807, 2.05) is 0 Å². The molecule has 0 aromatic heterocycles. The lowest BCUT2D eigenvalue weighted by Gasteiger charge is -2.34. The normalized spacial score (nSPS) is 20.2. The average Bonchev–Trinajstić information content (AvgIpc) is 2.33. The third-order valence-electron chi connectivity index (χ3n) is 2.18. The van der Waals surface area contributed by atoms with Gasteiger partial charge in [0.15, 0.2) is 0 Å². The van der Waals surface area contributed by atoms with Gasteiger partial charge in [-0.2, -0.15) is 0 Å². The molecule has 108 valence electrons. The van der Waals surface area contributed by atoms with Crippen molar-refractivity contribution in [3.8, 4) is 0 Å². The summed E-state index contributed by atoms with van der Waals surface area (Å²) in [6.07, 6.45) is 0.420. The maximum absolute atomic E-state index is 11.2. The zero-order chi connectivity index (χ0) is 14.5. The predicted molar refractivity (Wildman–Crippen MR) is 67.2 cm³/mol. The highest BCUT2D eigenvalue weighted by atomic mass is 28.5. The minimum Gasteiger partial charge on any atom is -0.462 e. The standard InChI is InChI=1S/C8H16O8Si3/c1-7(2)8(9)13-5-4-6-19(12-3)15-17(10)14-18(11)16-19/h10-11H,1,4-6H2,2-3H3. The molecule has 0 aromatic rings. The molecular weight excluding hydrogens is 308 g/mol. The Morgan fingerprint density at radius 1 is 1.37 bits per heavy atom. The van der Waals surface area contributed by atoms with Crippen LogP contribution in [0.15, 0.2) is 12.2 Å². The van der Waals surface area contributed by atoms with Crippen LogP contribution in [0.2, 0.25) is 6.04 Å². The fourth-order valence-corrected chi connectivity index (χ4v) is 7.88. The highest BCUT2D eigenvalue weighted by Crippen LogP contribution is 2.22. The van der Waals surface area contributed by atoms with Crippen LogP contribution < -0.4 is 0 Å². The first kappa shape index (κ1) is 16.7. The molecule has 8 nitrogen and oxygen atoms in total. The van der Waals surface area contributed by atoms with Crippen LogP contribution in [0.5, 0.6) is 0 Å². The average molecular weight is 324 g/mol. The molecular formula is C8H16O8Si3. The van der Waals surface area contributed by atoms with Gasteiger partial charge >= 0.3 is 33.8 Å². The Morgan fingerprint density at radius 2 is 1.95 bits per heavy atom. The van der Waals surface area contributed by atoms with Gasteiger partial charge in [0, 0.05) is 18.7 Å². The van der Waals surface area contributed by atoms with E-state index in [9.17, 15) is 14.4 Å². The van der Waals surface area contributed by atoms with Crippen LogP contribution >= 0.6 is 0 Å². The summed E-state index contributed by atoms with van der Waals surface area (Å²) >= 11 is 0. The van der Waals surface area contributed by atoms with Gasteiger partial charge in [0.1, 0.15) is 0 Å². The summed E-state index contributed by atoms with van der Waals surface area (Å²) in [5.41, 5.74) is 0.318. The SMILES string of the molecule is C=C(C)C(=O)OCCC[Si]1(OC)O[Si](O)O[Si](O)O1. The molecule has 0 aromatic carbocycles. The van der Waals surface area contributed by atoms with Crippen LogP contribution in [-0.2, 0) is 26.3 Å². The number of carbonyl (C=O) groups excluding carboxylic acids is 1. The van der Waals surface area contributed by atoms with Crippen molar-refractivity contribution in [1.29, 1.82) is 0 Å². The molecule has 0 saturated carbocycles. The van der Waals surface area contributed by atoms with E-state index in [0.29, 0.717) is 18.0 Å². The molecule has 1 heterocycles. The summed E-state index contributed by atoms with van der Waals surface area (Å²) in [6.45, 7) is 5.16. The maximum atomic E-state index is 11.2. The summed E-state index contributed by atoms with van der Waals surface area (Å²) in [5.74, 6) is -0.472. The second-order valence-electron chi connectivity index (χ2n) is 3.74. The number of hydrogen-bond donors (Lipinski definition) is 2. The summed E-state index contributed by atoms with van der Waals surface area (Å²) in [7, 11) is -6.83. The quantitative estimate of drug-likeness (QED) is 0.280. The van der Waals surface area contributed by atoms with Gasteiger partial charge in [-0.25, -0.2) is 4.79 Å². The molecule has 0 atom stereocenters. The van der Waals surface area contributed by atoms with Crippen molar-refractivity contribution in [3.05, 3.63) is 12.2 Å². The van der Waals surface area contributed by atoms with Crippen molar-refractivity contribution in [1.82, 2.24) is 0 Å². The highest BCUT2D eigenvalue weighted by molar-refractivity contribution is 6.76. The largest absolute Gasteiger partial charge is 0.558 e. The van der Waals surface area contributed by atoms with Gasteiger partial charge in [0.05, 0.1) is 6.61 Å². The Hall–Kier alpha value is -0.379. The first-order valence-corrected chi connectivity index (χ1v) is 9.90. The third kappa shape index (κ3) is 5.25. The van der Waals surface area contributed by atoms with E-state index in [-0.39, 0.29) is 6.61 Å². The monoisotopic (exact) mass is 324 g/mol. The highest BCUT2D eigenvalue weighted by Gasteiger charge is 2.52. The van der Waals surface area contributed by atoms with Crippen LogP contribution in [0, 0.1) is 0 Å². The molecule has 1 aliphatic heterocycles. The van der Waals surface area contributed by atoms with Crippen LogP contribution in [0.4, 0.5) is 0 Å². The van der Waals surface area contributed by atoms with Gasteiger partial charge in [0.2, 0.25) is 0 Å². The van der Waals surface area contributed by atoms with E-state index in [0.717, 1.165) is 0 Å². The van der Waals surface area contributed by atoms with Crippen molar-refractivity contribution in [2.75, 3.05) is 13.7 Å². The smallest absolute Gasteiger partial charge is 0.462 e. The van der Waals surface area contributed by atoms with E-state index >= 15 is 0 Å². The van der Waals surface area contributed by atoms with E-state index < -0.39 is 33.8 Å². The third-order valence-corrected chi connectivity index (χ3v) is 9.05. The Kier molecular flexibility index (Phi) is 6.51. The van der Waals surface area contributed by atoms with Crippen molar-refractivity contribution < 1.29 is 35.9 Å². The number of hydrogen-bond acceptors (Lipinski definition) is 8. The fourth-order valence-electron chi connectivity index (χ4n) is 1.27. The molecule has 0 unspecified atom stereocenters. The van der Waals surface area contributed by atoms with Gasteiger partial charge in [-0.1, -0.05) is 6.58 Å². The van der Waals surface area contributed by atoms with Crippen molar-refractivity contribution >= 4 is 33.8 Å². The Bertz CT molecular complexity index is 328. The lowest BCUT2D eigenvalue weighted by Crippen LogP contribution is -2.59. The predicted octanol–water partition coefficient (Wildman–Crippen LogP) is -0.901. The lowest BCUT2D eigenvalue weighted by molar-refractivity contribution is -0.139. The number of rotatable bonds is 6. The second kappa shape index (κ2) is 7.42. The summed E-state index contributed by atoms with van der Waals surface area (Å²) in [5, 5.41) is 0. The van der Waals surface area contributed by atoms with Gasteiger partial charge in [0.25, 0.3) is 0 Å². The van der Waals surface area contributed by atoms with Crippen LogP contribution in [-0.4, -0.2) is 57.1 Å². The zero-order valence-corrected chi connectivity index (χ0v) is 13.7. The minimum absolute atomic E-state index is 0.151. The maximum Gasteiger partial charge on any atom is 0.558 e. The van der Waals surface area contributed by atoms with E-state index in [1.165, 1.54) is 7.11 Å². The molecule has 1 rings (SSSR count). The van der Waals surface area contributed by atoms with Crippen LogP contribution in [0.25, 0.3) is 0 Å². The molecule has 0 aliphatic carbocycles. The van der Waals surface area contributed by atoms with Crippen molar-refractivity contribution in [3.63, 3.8) is 0 Å². The molecule has 1 aliphatic rings. The molecule has 2 N–H and O–H groups in total.